The highest BCUT2D eigenvalue weighted by Crippen LogP contribution is 2.51. The number of anilines is 1. The van der Waals surface area contributed by atoms with Crippen molar-refractivity contribution in [2.24, 2.45) is 0 Å². The predicted molar refractivity (Wildman–Crippen MR) is 125 cm³/mol. The van der Waals surface area contributed by atoms with Crippen molar-refractivity contribution in [2.45, 2.75) is 26.3 Å². The molecular weight excluding hydrogens is 370 g/mol. The highest BCUT2D eigenvalue weighted by atomic mass is 16.5. The van der Waals surface area contributed by atoms with E-state index in [1.54, 1.807) is 7.11 Å². The second kappa shape index (κ2) is 6.81. The third-order valence-corrected chi connectivity index (χ3v) is 5.67. The first kappa shape index (κ1) is 18.6. The number of allylic oxidation sites excluding steroid dienone is 1. The van der Waals surface area contributed by atoms with Crippen molar-refractivity contribution in [3.05, 3.63) is 83.4 Å². The number of fused-ring (bicyclic) bond motifs is 5. The first-order valence-electron chi connectivity index (χ1n) is 10.2. The Bertz CT molecular complexity index is 1200. The molecule has 0 radical (unpaired) electrons. The monoisotopic (exact) mass is 395 g/mol. The molecule has 0 saturated heterocycles. The molecule has 0 aromatic heterocycles. The van der Waals surface area contributed by atoms with E-state index in [0.717, 1.165) is 45.2 Å². The average molecular weight is 396 g/mol. The fourth-order valence-corrected chi connectivity index (χ4v) is 4.58. The van der Waals surface area contributed by atoms with Crippen LogP contribution in [0.3, 0.4) is 0 Å². The van der Waals surface area contributed by atoms with Crippen molar-refractivity contribution in [1.29, 1.82) is 0 Å². The molecule has 2 aliphatic rings. The Morgan fingerprint density at radius 1 is 0.900 bits per heavy atom. The topological polar surface area (TPSA) is 30.5 Å². The van der Waals surface area contributed by atoms with Gasteiger partial charge in [0.25, 0.3) is 0 Å². The maximum Gasteiger partial charge on any atom is 0.139 e. The summed E-state index contributed by atoms with van der Waals surface area (Å²) in [4.78, 5) is 0. The van der Waals surface area contributed by atoms with Crippen molar-refractivity contribution in [2.75, 3.05) is 12.4 Å². The van der Waals surface area contributed by atoms with Gasteiger partial charge in [-0.25, -0.2) is 0 Å². The summed E-state index contributed by atoms with van der Waals surface area (Å²) in [7, 11) is 1.71. The van der Waals surface area contributed by atoms with E-state index < -0.39 is 0 Å². The predicted octanol–water partition coefficient (Wildman–Crippen LogP) is 6.86. The van der Waals surface area contributed by atoms with Crippen LogP contribution in [0.25, 0.3) is 28.5 Å². The van der Waals surface area contributed by atoms with Crippen molar-refractivity contribution in [1.82, 2.24) is 0 Å². The lowest BCUT2D eigenvalue weighted by Gasteiger charge is -2.35. The van der Waals surface area contributed by atoms with Crippen LogP contribution in [0.1, 0.15) is 37.5 Å². The normalized spacial score (nSPS) is 17.1. The fourth-order valence-electron chi connectivity index (χ4n) is 4.58. The summed E-state index contributed by atoms with van der Waals surface area (Å²) in [5, 5.41) is 3.66. The molecule has 3 nitrogen and oxygen atoms in total. The lowest BCUT2D eigenvalue weighted by atomic mass is 9.83. The number of ether oxygens (including phenoxy) is 2. The minimum Gasteiger partial charge on any atom is -0.496 e. The average Bonchev–Trinajstić information content (AvgIpc) is 2.72. The molecule has 3 heteroatoms. The number of benzene rings is 3. The van der Waals surface area contributed by atoms with Crippen LogP contribution in [-0.4, -0.2) is 12.6 Å². The molecule has 3 aromatic carbocycles. The maximum atomic E-state index is 6.50. The Hall–Kier alpha value is -3.46. The first-order chi connectivity index (χ1) is 14.5. The van der Waals surface area contributed by atoms with Crippen LogP contribution in [0.5, 0.6) is 11.5 Å². The summed E-state index contributed by atoms with van der Waals surface area (Å²) < 4.78 is 12.2. The van der Waals surface area contributed by atoms with Crippen molar-refractivity contribution < 1.29 is 9.47 Å². The molecule has 0 spiro atoms. The highest BCUT2D eigenvalue weighted by Gasteiger charge is 2.32. The second-order valence-corrected chi connectivity index (χ2v) is 8.44. The standard InChI is InChI=1S/C27H25NO2/c1-17-16-27(2,3)28-20-14-13-19-25-21(29-4)11-8-12-22(25)30-23(26(19)24(17)20)15-18-9-6-5-7-10-18/h5-16,28H,1-4H3. The Labute approximate surface area is 177 Å². The van der Waals surface area contributed by atoms with Crippen LogP contribution in [0.4, 0.5) is 5.69 Å². The molecule has 0 amide bonds. The van der Waals surface area contributed by atoms with Crippen LogP contribution < -0.4 is 14.8 Å². The maximum absolute atomic E-state index is 6.50. The summed E-state index contributed by atoms with van der Waals surface area (Å²) in [5.74, 6) is 2.48. The molecule has 1 N–H and O–H groups in total. The van der Waals surface area contributed by atoms with Gasteiger partial charge in [-0.15, -0.1) is 0 Å². The zero-order chi connectivity index (χ0) is 20.9. The molecule has 30 heavy (non-hydrogen) atoms. The van der Waals surface area contributed by atoms with E-state index in [0.29, 0.717) is 0 Å². The van der Waals surface area contributed by atoms with Crippen LogP contribution in [0, 0.1) is 0 Å². The number of nitrogens with one attached hydrogen (secondary N) is 1. The van der Waals surface area contributed by atoms with Gasteiger partial charge >= 0.3 is 0 Å². The molecule has 0 unspecified atom stereocenters. The van der Waals surface area contributed by atoms with Crippen LogP contribution in [0.15, 0.2) is 66.7 Å². The van der Waals surface area contributed by atoms with Gasteiger partial charge in [0.15, 0.2) is 0 Å². The molecule has 0 aliphatic carbocycles. The SMILES string of the molecule is COc1cccc2c1-c1ccc3c(c1C(=Cc1ccccc1)O2)C(C)=CC(C)(C)N3. The van der Waals surface area contributed by atoms with E-state index in [4.69, 9.17) is 9.47 Å². The van der Waals surface area contributed by atoms with Gasteiger partial charge in [-0.2, -0.15) is 0 Å². The molecule has 0 atom stereocenters. The molecule has 5 rings (SSSR count). The van der Waals surface area contributed by atoms with Crippen LogP contribution in [0.2, 0.25) is 0 Å². The van der Waals surface area contributed by atoms with Crippen molar-refractivity contribution >= 4 is 23.1 Å². The summed E-state index contributed by atoms with van der Waals surface area (Å²) in [5.41, 5.74) is 7.79. The lowest BCUT2D eigenvalue weighted by molar-refractivity contribution is 0.412. The first-order valence-corrected chi connectivity index (χ1v) is 10.2. The van der Waals surface area contributed by atoms with Crippen LogP contribution >= 0.6 is 0 Å². The Morgan fingerprint density at radius 2 is 1.70 bits per heavy atom. The summed E-state index contributed by atoms with van der Waals surface area (Å²) >= 11 is 0. The van der Waals surface area contributed by atoms with E-state index in [2.05, 4.69) is 62.5 Å². The van der Waals surface area contributed by atoms with Gasteiger partial charge in [0.1, 0.15) is 17.3 Å². The smallest absolute Gasteiger partial charge is 0.139 e. The molecule has 2 heterocycles. The van der Waals surface area contributed by atoms with E-state index in [1.807, 2.05) is 36.4 Å². The third-order valence-electron chi connectivity index (χ3n) is 5.67. The summed E-state index contributed by atoms with van der Waals surface area (Å²) in [6.07, 6.45) is 4.40. The second-order valence-electron chi connectivity index (χ2n) is 8.44. The summed E-state index contributed by atoms with van der Waals surface area (Å²) in [6, 6.07) is 20.6. The lowest BCUT2D eigenvalue weighted by Crippen LogP contribution is -2.32. The Morgan fingerprint density at radius 3 is 2.47 bits per heavy atom. The van der Waals surface area contributed by atoms with Gasteiger partial charge < -0.3 is 14.8 Å². The van der Waals surface area contributed by atoms with Gasteiger partial charge in [0.05, 0.1) is 18.2 Å². The number of hydrogen-bond donors (Lipinski definition) is 1. The molecular formula is C27H25NO2. The number of hydrogen-bond acceptors (Lipinski definition) is 3. The number of rotatable bonds is 2. The van der Waals surface area contributed by atoms with Crippen molar-refractivity contribution in [3.63, 3.8) is 0 Å². The number of methoxy groups -OCH3 is 1. The highest BCUT2D eigenvalue weighted by molar-refractivity contribution is 6.01. The van der Waals surface area contributed by atoms with Crippen LogP contribution in [-0.2, 0) is 0 Å². The molecule has 150 valence electrons. The Balaban J connectivity index is 1.83. The molecule has 0 bridgehead atoms. The fraction of sp³-hybridized carbons (Fsp3) is 0.185. The molecule has 2 aliphatic heterocycles. The molecule has 0 fully saturated rings. The van der Waals surface area contributed by atoms with Gasteiger partial charge in [0.2, 0.25) is 0 Å². The molecule has 0 saturated carbocycles. The zero-order valence-electron chi connectivity index (χ0n) is 17.7. The largest absolute Gasteiger partial charge is 0.496 e. The van der Waals surface area contributed by atoms with Gasteiger partial charge in [-0.1, -0.05) is 48.5 Å². The van der Waals surface area contributed by atoms with Crippen molar-refractivity contribution in [3.8, 4) is 22.6 Å². The van der Waals surface area contributed by atoms with E-state index in [-0.39, 0.29) is 5.54 Å². The van der Waals surface area contributed by atoms with Gasteiger partial charge in [-0.3, -0.25) is 0 Å². The quantitative estimate of drug-likeness (QED) is 0.514. The minimum atomic E-state index is -0.0975. The van der Waals surface area contributed by atoms with E-state index in [1.165, 1.54) is 11.1 Å². The minimum absolute atomic E-state index is 0.0975. The third kappa shape index (κ3) is 2.98. The van der Waals surface area contributed by atoms with E-state index >= 15 is 0 Å². The molecule has 3 aromatic rings. The Kier molecular flexibility index (Phi) is 4.21. The van der Waals surface area contributed by atoms with Gasteiger partial charge in [0, 0.05) is 22.4 Å². The van der Waals surface area contributed by atoms with E-state index in [9.17, 15) is 0 Å². The van der Waals surface area contributed by atoms with Gasteiger partial charge in [-0.05, 0) is 56.2 Å². The summed E-state index contributed by atoms with van der Waals surface area (Å²) in [6.45, 7) is 6.56. The zero-order valence-corrected chi connectivity index (χ0v) is 17.7.